The van der Waals surface area contributed by atoms with E-state index in [1.807, 2.05) is 73.1 Å². The van der Waals surface area contributed by atoms with E-state index in [0.717, 1.165) is 54.6 Å². The normalized spacial score (nSPS) is 11.1. The molecule has 0 saturated heterocycles. The van der Waals surface area contributed by atoms with Crippen LogP contribution in [0.3, 0.4) is 0 Å². The molecule has 5 rings (SSSR count). The Balaban J connectivity index is 1.34. The number of hydrogen-bond donors (Lipinski definition) is 3. The third-order valence-electron chi connectivity index (χ3n) is 7.40. The van der Waals surface area contributed by atoms with Crippen LogP contribution in [0.5, 0.6) is 23.0 Å². The van der Waals surface area contributed by atoms with E-state index in [1.54, 1.807) is 9.36 Å². The van der Waals surface area contributed by atoms with Gasteiger partial charge in [-0.15, -0.1) is 10.2 Å². The maximum atomic E-state index is 6.01. The van der Waals surface area contributed by atoms with Gasteiger partial charge in [0.2, 0.25) is 0 Å². The van der Waals surface area contributed by atoms with Crippen molar-refractivity contribution in [2.75, 3.05) is 46.1 Å². The molecule has 0 aliphatic heterocycles. The molecule has 0 amide bonds. The van der Waals surface area contributed by atoms with Crippen molar-refractivity contribution in [1.29, 1.82) is 0 Å². The average molecular weight is 656 g/mol. The summed E-state index contributed by atoms with van der Waals surface area (Å²) in [5.41, 5.74) is 21.7. The second-order valence-corrected chi connectivity index (χ2v) is 11.1. The van der Waals surface area contributed by atoms with Crippen LogP contribution < -0.4 is 36.1 Å². The predicted molar refractivity (Wildman–Crippen MR) is 185 cm³/mol. The van der Waals surface area contributed by atoms with Crippen molar-refractivity contribution in [2.24, 2.45) is 17.2 Å². The molecule has 0 saturated carbocycles. The lowest BCUT2D eigenvalue weighted by molar-refractivity contribution is 0.263. The lowest BCUT2D eigenvalue weighted by Crippen LogP contribution is -2.09. The van der Waals surface area contributed by atoms with Crippen LogP contribution in [-0.2, 0) is 0 Å². The van der Waals surface area contributed by atoms with Gasteiger partial charge in [0, 0.05) is 23.3 Å². The first-order valence-corrected chi connectivity index (χ1v) is 16.5. The van der Waals surface area contributed by atoms with E-state index in [4.69, 9.17) is 36.1 Å². The fourth-order valence-electron chi connectivity index (χ4n) is 4.75. The van der Waals surface area contributed by atoms with E-state index >= 15 is 0 Å². The third-order valence-corrected chi connectivity index (χ3v) is 7.40. The molecule has 0 radical (unpaired) electrons. The first-order chi connectivity index (χ1) is 23.6. The largest absolute Gasteiger partial charge is 0.490 e. The van der Waals surface area contributed by atoms with Crippen LogP contribution in [0.15, 0.2) is 73.1 Å². The van der Waals surface area contributed by atoms with Crippen LogP contribution in [0.25, 0.3) is 33.9 Å². The van der Waals surface area contributed by atoms with Crippen molar-refractivity contribution in [2.45, 2.75) is 39.0 Å². The van der Waals surface area contributed by atoms with Crippen LogP contribution in [-0.4, -0.2) is 76.0 Å². The van der Waals surface area contributed by atoms with Crippen molar-refractivity contribution < 1.29 is 18.9 Å². The second-order valence-electron chi connectivity index (χ2n) is 11.1. The predicted octanol–water partition coefficient (Wildman–Crippen LogP) is 4.54. The zero-order valence-corrected chi connectivity index (χ0v) is 27.5. The van der Waals surface area contributed by atoms with Gasteiger partial charge in [-0.25, -0.2) is 9.36 Å². The van der Waals surface area contributed by atoms with Gasteiger partial charge in [-0.2, -0.15) is 0 Å². The summed E-state index contributed by atoms with van der Waals surface area (Å²) in [6.45, 7) is 5.89. The number of nitrogens with two attached hydrogens (primary N) is 3. The summed E-state index contributed by atoms with van der Waals surface area (Å²) in [7, 11) is 0. The van der Waals surface area contributed by atoms with Gasteiger partial charge in [0.05, 0.1) is 50.2 Å². The molecule has 0 atom stereocenters. The lowest BCUT2D eigenvalue weighted by Gasteiger charge is -2.14. The topological polar surface area (TPSA) is 176 Å². The van der Waals surface area contributed by atoms with Crippen LogP contribution in [0.1, 0.15) is 39.0 Å². The van der Waals surface area contributed by atoms with E-state index in [-0.39, 0.29) is 0 Å². The number of ether oxygens (including phenoxy) is 4. The van der Waals surface area contributed by atoms with Crippen molar-refractivity contribution in [3.63, 3.8) is 0 Å². The Morgan fingerprint density at radius 1 is 0.542 bits per heavy atom. The van der Waals surface area contributed by atoms with Crippen molar-refractivity contribution in [1.82, 2.24) is 30.0 Å². The van der Waals surface area contributed by atoms with Gasteiger partial charge in [-0.1, -0.05) is 42.0 Å². The van der Waals surface area contributed by atoms with Crippen molar-refractivity contribution >= 4 is 0 Å². The van der Waals surface area contributed by atoms with Crippen LogP contribution in [0.2, 0.25) is 0 Å². The summed E-state index contributed by atoms with van der Waals surface area (Å²) in [4.78, 5) is 0. The summed E-state index contributed by atoms with van der Waals surface area (Å²) in [6, 6.07) is 19.4. The van der Waals surface area contributed by atoms with Gasteiger partial charge in [0.25, 0.3) is 0 Å². The molecule has 5 aromatic rings. The molecule has 0 aliphatic rings. The zero-order chi connectivity index (χ0) is 33.6. The number of aromatic nitrogens is 6. The first-order valence-electron chi connectivity index (χ1n) is 16.5. The summed E-state index contributed by atoms with van der Waals surface area (Å²) < 4.78 is 27.3. The molecule has 0 fully saturated rings. The van der Waals surface area contributed by atoms with Gasteiger partial charge >= 0.3 is 0 Å². The van der Waals surface area contributed by atoms with Gasteiger partial charge in [0.1, 0.15) is 11.4 Å². The van der Waals surface area contributed by atoms with E-state index in [9.17, 15) is 0 Å². The second kappa shape index (κ2) is 17.8. The highest BCUT2D eigenvalue weighted by molar-refractivity contribution is 5.69. The fraction of sp³-hybridized carbons (Fsp3) is 0.371. The molecule has 254 valence electrons. The minimum absolute atomic E-state index is 0.482. The number of rotatable bonds is 20. The van der Waals surface area contributed by atoms with Crippen LogP contribution in [0.4, 0.5) is 0 Å². The maximum Gasteiger partial charge on any atom is 0.163 e. The minimum Gasteiger partial charge on any atom is -0.490 e. The third kappa shape index (κ3) is 9.09. The molecule has 0 unspecified atom stereocenters. The Morgan fingerprint density at radius 3 is 1.42 bits per heavy atom. The summed E-state index contributed by atoms with van der Waals surface area (Å²) in [6.07, 6.45) is 8.01. The first kappa shape index (κ1) is 34.4. The van der Waals surface area contributed by atoms with Crippen LogP contribution >= 0.6 is 0 Å². The Bertz CT molecular complexity index is 1600. The molecule has 0 spiro atoms. The molecule has 13 nitrogen and oxygen atoms in total. The SMILES string of the molecule is CCCCOc1ccc(-n2cc(-c3cccc(-c4cn(-c5ccc(OCCCN)c(OCCCN)c5)nn4)c3)nn2)cc1OCCCN. The molecular formula is C35H45N9O4. The molecule has 2 heterocycles. The lowest BCUT2D eigenvalue weighted by atomic mass is 10.1. The summed E-state index contributed by atoms with van der Waals surface area (Å²) in [5, 5.41) is 17.7. The van der Waals surface area contributed by atoms with E-state index < -0.39 is 0 Å². The Hall–Kier alpha value is -4.98. The quantitative estimate of drug-likeness (QED) is 0.100. The Labute approximate surface area is 280 Å². The summed E-state index contributed by atoms with van der Waals surface area (Å²) in [5.74, 6) is 2.62. The number of unbranched alkanes of at least 4 members (excludes halogenated alkanes) is 1. The number of hydrogen-bond acceptors (Lipinski definition) is 11. The van der Waals surface area contributed by atoms with Crippen molar-refractivity contribution in [3.8, 4) is 56.9 Å². The molecule has 3 aromatic carbocycles. The highest BCUT2D eigenvalue weighted by atomic mass is 16.5. The van der Waals surface area contributed by atoms with Crippen LogP contribution in [0, 0.1) is 0 Å². The molecular weight excluding hydrogens is 610 g/mol. The van der Waals surface area contributed by atoms with Gasteiger partial charge in [-0.3, -0.25) is 0 Å². The minimum atomic E-state index is 0.482. The summed E-state index contributed by atoms with van der Waals surface area (Å²) >= 11 is 0. The number of benzene rings is 3. The monoisotopic (exact) mass is 655 g/mol. The van der Waals surface area contributed by atoms with Gasteiger partial charge in [-0.05, 0) is 75.6 Å². The van der Waals surface area contributed by atoms with E-state index in [1.165, 1.54) is 0 Å². The van der Waals surface area contributed by atoms with E-state index in [0.29, 0.717) is 80.4 Å². The molecule has 0 aliphatic carbocycles. The Kier molecular flexibility index (Phi) is 12.7. The molecule has 13 heteroatoms. The fourth-order valence-corrected chi connectivity index (χ4v) is 4.75. The zero-order valence-electron chi connectivity index (χ0n) is 27.5. The molecule has 2 aromatic heterocycles. The van der Waals surface area contributed by atoms with Gasteiger partial charge < -0.3 is 36.1 Å². The Morgan fingerprint density at radius 2 is 0.979 bits per heavy atom. The van der Waals surface area contributed by atoms with Gasteiger partial charge in [0.15, 0.2) is 23.0 Å². The highest BCUT2D eigenvalue weighted by Crippen LogP contribution is 2.32. The van der Waals surface area contributed by atoms with Crippen molar-refractivity contribution in [3.05, 3.63) is 73.1 Å². The van der Waals surface area contributed by atoms with E-state index in [2.05, 4.69) is 27.5 Å². The smallest absolute Gasteiger partial charge is 0.163 e. The molecule has 6 N–H and O–H groups in total. The highest BCUT2D eigenvalue weighted by Gasteiger charge is 2.14. The standard InChI is InChI=1S/C35H45N9O4/c1-2-3-17-45-32-12-10-28(22-34(32)47-19-6-15-37)43-24-30(39-41-43)26-8-4-9-27(21-26)31-25-44(42-40-31)29-11-13-33(46-18-5-14-36)35(23-29)48-20-7-16-38/h4,8-13,21-25H,2-3,5-7,14-20,36-38H2,1H3. The number of nitrogens with zero attached hydrogens (tertiary/aromatic N) is 6. The molecule has 48 heavy (non-hydrogen) atoms. The average Bonchev–Trinajstić information content (AvgIpc) is 3.81. The molecule has 0 bridgehead atoms. The maximum absolute atomic E-state index is 6.01.